The summed E-state index contributed by atoms with van der Waals surface area (Å²) in [7, 11) is 1.53. The number of fused-ring (bicyclic) bond motifs is 1. The number of anilines is 3. The standard InChI is InChI=1S/C23H19Cl2N5O2/c1-12-5-3-4-6-17(12)29-21-19(7-13(11-27-21)22(31)26-2)30-23(32)20-10-15-16(25)8-14(24)9-18(15)28-20/h3-11,28H,1-2H3,(H,26,31)(H,27,29)(H,30,32). The van der Waals surface area contributed by atoms with Gasteiger partial charge in [-0.1, -0.05) is 41.4 Å². The van der Waals surface area contributed by atoms with Gasteiger partial charge in [0.25, 0.3) is 11.8 Å². The fraction of sp³-hybridized carbons (Fsp3) is 0.0870. The first-order valence-corrected chi connectivity index (χ1v) is 10.4. The maximum absolute atomic E-state index is 13.0. The largest absolute Gasteiger partial charge is 0.355 e. The molecule has 0 radical (unpaired) electrons. The quantitative estimate of drug-likeness (QED) is 0.309. The van der Waals surface area contributed by atoms with Crippen LogP contribution >= 0.6 is 23.2 Å². The van der Waals surface area contributed by atoms with Crippen molar-refractivity contribution in [3.05, 3.63) is 81.6 Å². The minimum Gasteiger partial charge on any atom is -0.355 e. The Morgan fingerprint density at radius 1 is 1.00 bits per heavy atom. The van der Waals surface area contributed by atoms with Crippen LogP contribution in [-0.2, 0) is 0 Å². The maximum atomic E-state index is 13.0. The van der Waals surface area contributed by atoms with Crippen LogP contribution in [0.15, 0.2) is 54.7 Å². The third-order valence-corrected chi connectivity index (χ3v) is 5.45. The molecule has 0 unspecified atom stereocenters. The Morgan fingerprint density at radius 2 is 1.78 bits per heavy atom. The molecule has 0 aliphatic heterocycles. The molecule has 32 heavy (non-hydrogen) atoms. The van der Waals surface area contributed by atoms with E-state index in [9.17, 15) is 9.59 Å². The summed E-state index contributed by atoms with van der Waals surface area (Å²) in [5.41, 5.74) is 3.42. The normalized spacial score (nSPS) is 10.8. The molecule has 2 aromatic heterocycles. The number of halogens is 2. The summed E-state index contributed by atoms with van der Waals surface area (Å²) in [6.07, 6.45) is 1.44. The second-order valence-corrected chi connectivity index (χ2v) is 7.97. The minimum atomic E-state index is -0.419. The van der Waals surface area contributed by atoms with Gasteiger partial charge in [-0.3, -0.25) is 9.59 Å². The number of amides is 2. The zero-order chi connectivity index (χ0) is 22.8. The lowest BCUT2D eigenvalue weighted by molar-refractivity contribution is 0.0961. The van der Waals surface area contributed by atoms with E-state index in [4.69, 9.17) is 23.2 Å². The fourth-order valence-corrected chi connectivity index (χ4v) is 3.79. The van der Waals surface area contributed by atoms with Crippen molar-refractivity contribution in [2.24, 2.45) is 0 Å². The number of aromatic amines is 1. The van der Waals surface area contributed by atoms with Crippen molar-refractivity contribution in [1.82, 2.24) is 15.3 Å². The molecule has 0 aliphatic rings. The molecule has 4 N–H and O–H groups in total. The van der Waals surface area contributed by atoms with E-state index in [0.717, 1.165) is 11.3 Å². The third kappa shape index (κ3) is 4.39. The van der Waals surface area contributed by atoms with Crippen LogP contribution in [-0.4, -0.2) is 28.8 Å². The summed E-state index contributed by atoms with van der Waals surface area (Å²) in [6.45, 7) is 1.96. The van der Waals surface area contributed by atoms with Gasteiger partial charge in [-0.25, -0.2) is 4.98 Å². The number of hydrogen-bond donors (Lipinski definition) is 4. The van der Waals surface area contributed by atoms with Crippen molar-refractivity contribution in [2.45, 2.75) is 6.92 Å². The molecule has 0 saturated carbocycles. The van der Waals surface area contributed by atoms with Gasteiger partial charge in [0.05, 0.1) is 16.3 Å². The second kappa shape index (κ2) is 8.90. The van der Waals surface area contributed by atoms with Gasteiger partial charge in [0.2, 0.25) is 0 Å². The highest BCUT2D eigenvalue weighted by Crippen LogP contribution is 2.30. The van der Waals surface area contributed by atoms with Crippen molar-refractivity contribution in [3.8, 4) is 0 Å². The van der Waals surface area contributed by atoms with E-state index in [0.29, 0.717) is 38.0 Å². The molecular weight excluding hydrogens is 449 g/mol. The summed E-state index contributed by atoms with van der Waals surface area (Å²) in [6, 6.07) is 14.2. The molecule has 0 saturated heterocycles. The van der Waals surface area contributed by atoms with Crippen LogP contribution in [0.25, 0.3) is 10.9 Å². The monoisotopic (exact) mass is 467 g/mol. The molecule has 0 aliphatic carbocycles. The fourth-order valence-electron chi connectivity index (χ4n) is 3.24. The summed E-state index contributed by atoms with van der Waals surface area (Å²) < 4.78 is 0. The molecule has 0 bridgehead atoms. The molecule has 0 fully saturated rings. The van der Waals surface area contributed by atoms with E-state index >= 15 is 0 Å². The van der Waals surface area contributed by atoms with Crippen molar-refractivity contribution < 1.29 is 9.59 Å². The zero-order valence-corrected chi connectivity index (χ0v) is 18.7. The van der Waals surface area contributed by atoms with E-state index < -0.39 is 5.91 Å². The number of benzene rings is 2. The molecule has 7 nitrogen and oxygen atoms in total. The Labute approximate surface area is 194 Å². The van der Waals surface area contributed by atoms with Gasteiger partial charge in [0.1, 0.15) is 5.69 Å². The van der Waals surface area contributed by atoms with Crippen molar-refractivity contribution in [2.75, 3.05) is 17.7 Å². The number of H-pyrrole nitrogens is 1. The van der Waals surface area contributed by atoms with E-state index in [1.54, 1.807) is 24.3 Å². The number of hydrogen-bond acceptors (Lipinski definition) is 4. The van der Waals surface area contributed by atoms with Gasteiger partial charge in [-0.2, -0.15) is 0 Å². The van der Waals surface area contributed by atoms with E-state index in [1.165, 1.54) is 13.2 Å². The number of pyridine rings is 1. The molecule has 2 heterocycles. The summed E-state index contributed by atoms with van der Waals surface area (Å²) in [5, 5.41) is 10.2. The van der Waals surface area contributed by atoms with Gasteiger partial charge in [-0.15, -0.1) is 0 Å². The van der Waals surface area contributed by atoms with Crippen LogP contribution in [0.2, 0.25) is 10.0 Å². The lowest BCUT2D eigenvalue weighted by atomic mass is 10.2. The van der Waals surface area contributed by atoms with Gasteiger partial charge < -0.3 is 20.9 Å². The molecule has 2 aromatic carbocycles. The highest BCUT2D eigenvalue weighted by molar-refractivity contribution is 6.38. The van der Waals surface area contributed by atoms with Crippen LogP contribution in [0.4, 0.5) is 17.2 Å². The molecular formula is C23H19Cl2N5O2. The average Bonchev–Trinajstić information content (AvgIpc) is 3.20. The van der Waals surface area contributed by atoms with Crippen LogP contribution in [0.3, 0.4) is 0 Å². The first kappa shape index (κ1) is 21.7. The Hall–Kier alpha value is -3.55. The highest BCUT2D eigenvalue weighted by Gasteiger charge is 2.17. The summed E-state index contributed by atoms with van der Waals surface area (Å²) in [5.74, 6) is -0.336. The lowest BCUT2D eigenvalue weighted by Gasteiger charge is -2.14. The summed E-state index contributed by atoms with van der Waals surface area (Å²) in [4.78, 5) is 32.5. The number of rotatable bonds is 5. The third-order valence-electron chi connectivity index (χ3n) is 4.92. The van der Waals surface area contributed by atoms with Crippen LogP contribution < -0.4 is 16.0 Å². The highest BCUT2D eigenvalue weighted by atomic mass is 35.5. The molecule has 0 atom stereocenters. The van der Waals surface area contributed by atoms with Gasteiger partial charge >= 0.3 is 0 Å². The molecule has 2 amide bonds. The van der Waals surface area contributed by atoms with E-state index in [-0.39, 0.29) is 11.6 Å². The lowest BCUT2D eigenvalue weighted by Crippen LogP contribution is -2.20. The molecule has 4 rings (SSSR count). The van der Waals surface area contributed by atoms with Crippen LogP contribution in [0.1, 0.15) is 26.4 Å². The molecule has 4 aromatic rings. The SMILES string of the molecule is CNC(=O)c1cnc(Nc2ccccc2C)c(NC(=O)c2cc3c(Cl)cc(Cl)cc3[nH]2)c1. The minimum absolute atomic E-state index is 0.288. The topological polar surface area (TPSA) is 98.9 Å². The number of aryl methyl sites for hydroxylation is 1. The van der Waals surface area contributed by atoms with Gasteiger partial charge in [0.15, 0.2) is 5.82 Å². The number of para-hydroxylation sites is 1. The summed E-state index contributed by atoms with van der Waals surface area (Å²) >= 11 is 12.3. The van der Waals surface area contributed by atoms with Crippen LogP contribution in [0.5, 0.6) is 0 Å². The Kier molecular flexibility index (Phi) is 6.03. The van der Waals surface area contributed by atoms with Gasteiger partial charge in [-0.05, 0) is 42.8 Å². The number of carbonyl (C=O) groups excluding carboxylic acids is 2. The van der Waals surface area contributed by atoms with Crippen molar-refractivity contribution >= 4 is 63.1 Å². The van der Waals surface area contributed by atoms with Gasteiger partial charge in [0, 0.05) is 34.9 Å². The Morgan fingerprint density at radius 3 is 2.53 bits per heavy atom. The number of nitrogens with one attached hydrogen (secondary N) is 4. The Bertz CT molecular complexity index is 1350. The van der Waals surface area contributed by atoms with E-state index in [1.807, 2.05) is 31.2 Å². The van der Waals surface area contributed by atoms with Crippen LogP contribution in [0, 0.1) is 6.92 Å². The number of aromatic nitrogens is 2. The number of carbonyl (C=O) groups is 2. The smallest absolute Gasteiger partial charge is 0.272 e. The van der Waals surface area contributed by atoms with Crippen molar-refractivity contribution in [1.29, 1.82) is 0 Å². The number of nitrogens with zero attached hydrogens (tertiary/aromatic N) is 1. The maximum Gasteiger partial charge on any atom is 0.272 e. The molecule has 162 valence electrons. The first-order chi connectivity index (χ1) is 15.4. The molecule has 0 spiro atoms. The molecule has 9 heteroatoms. The zero-order valence-electron chi connectivity index (χ0n) is 17.2. The predicted molar refractivity (Wildman–Crippen MR) is 128 cm³/mol. The Balaban J connectivity index is 1.70. The van der Waals surface area contributed by atoms with E-state index in [2.05, 4.69) is 25.9 Å². The van der Waals surface area contributed by atoms with Crippen molar-refractivity contribution in [3.63, 3.8) is 0 Å². The predicted octanol–water partition coefficient (Wildman–Crippen LogP) is 5.53. The first-order valence-electron chi connectivity index (χ1n) is 9.69. The average molecular weight is 468 g/mol. The second-order valence-electron chi connectivity index (χ2n) is 7.13.